The van der Waals surface area contributed by atoms with E-state index in [0.717, 1.165) is 54.8 Å². The summed E-state index contributed by atoms with van der Waals surface area (Å²) in [6.07, 6.45) is 4.80. The fourth-order valence-electron chi connectivity index (χ4n) is 5.53. The Hall–Kier alpha value is -3.54. The number of hydrogen-bond acceptors (Lipinski definition) is 5. The van der Waals surface area contributed by atoms with Gasteiger partial charge in [-0.1, -0.05) is 24.3 Å². The Morgan fingerprint density at radius 2 is 1.86 bits per heavy atom. The normalized spacial score (nSPS) is 23.2. The number of morpholine rings is 1. The Balaban J connectivity index is 1.38. The second-order valence-corrected chi connectivity index (χ2v) is 9.98. The predicted molar refractivity (Wildman–Crippen MR) is 132 cm³/mol. The number of nitrogens with one attached hydrogen (secondary N) is 1. The van der Waals surface area contributed by atoms with Crippen molar-refractivity contribution in [1.82, 2.24) is 19.8 Å². The molecule has 8 nitrogen and oxygen atoms in total. The largest absolute Gasteiger partial charge is 0.379 e. The van der Waals surface area contributed by atoms with Crippen molar-refractivity contribution in [3.05, 3.63) is 69.9 Å². The molecule has 4 fully saturated rings. The molecule has 1 aromatic carbocycles. The molecule has 8 heteroatoms. The molecule has 0 unspecified atom stereocenters. The molecule has 1 aliphatic heterocycles. The van der Waals surface area contributed by atoms with Gasteiger partial charge in [0.05, 0.1) is 19.8 Å². The quantitative estimate of drug-likeness (QED) is 0.561. The minimum atomic E-state index is -0.295. The molecule has 3 saturated carbocycles. The standard InChI is InChI=1S/C27H27N5O3/c1-28-22-4-2-19(3-5-22)21-12-20-13-23(25(33)30-27-14-18(15-27)16-27)26(34)32(24(20)29-17-21)7-6-31-8-10-35-11-9-31/h2-5,12-13,17-18H,6-11,14-16H2,(H,30,33). The van der Waals surface area contributed by atoms with Gasteiger partial charge >= 0.3 is 0 Å². The van der Waals surface area contributed by atoms with Crippen molar-refractivity contribution in [1.29, 1.82) is 0 Å². The van der Waals surface area contributed by atoms with Crippen molar-refractivity contribution in [3.8, 4) is 11.1 Å². The molecule has 0 radical (unpaired) electrons. The molecule has 3 aliphatic carbocycles. The van der Waals surface area contributed by atoms with Crippen LogP contribution >= 0.6 is 0 Å². The maximum Gasteiger partial charge on any atom is 0.265 e. The Bertz CT molecular complexity index is 1380. The second kappa shape index (κ2) is 8.59. The van der Waals surface area contributed by atoms with Gasteiger partial charge in [0.1, 0.15) is 11.2 Å². The lowest BCUT2D eigenvalue weighted by molar-refractivity contribution is -0.0438. The number of rotatable bonds is 6. The Labute approximate surface area is 203 Å². The average Bonchev–Trinajstić information content (AvgIpc) is 2.85. The van der Waals surface area contributed by atoms with E-state index in [2.05, 4.69) is 20.0 Å². The molecule has 3 heterocycles. The van der Waals surface area contributed by atoms with Crippen molar-refractivity contribution in [2.24, 2.45) is 5.92 Å². The van der Waals surface area contributed by atoms with Crippen LogP contribution in [0.5, 0.6) is 0 Å². The number of carbonyl (C=O) groups is 1. The number of benzene rings is 1. The number of pyridine rings is 2. The minimum Gasteiger partial charge on any atom is -0.379 e. The van der Waals surface area contributed by atoms with Crippen LogP contribution in [0.3, 0.4) is 0 Å². The molecule has 0 spiro atoms. The molecule has 2 aromatic heterocycles. The molecular formula is C27H27N5O3. The number of ether oxygens (including phenoxy) is 1. The molecule has 7 rings (SSSR count). The Kier molecular flexibility index (Phi) is 5.39. The summed E-state index contributed by atoms with van der Waals surface area (Å²) in [5, 5.41) is 3.90. The first-order valence-electron chi connectivity index (χ1n) is 12.2. The van der Waals surface area contributed by atoms with Crippen LogP contribution in [-0.2, 0) is 11.3 Å². The number of fused-ring (bicyclic) bond motifs is 1. The highest BCUT2D eigenvalue weighted by atomic mass is 16.5. The van der Waals surface area contributed by atoms with Gasteiger partial charge in [0.2, 0.25) is 0 Å². The van der Waals surface area contributed by atoms with Crippen LogP contribution in [-0.4, -0.2) is 58.7 Å². The van der Waals surface area contributed by atoms with Crippen LogP contribution in [0.4, 0.5) is 5.69 Å². The Morgan fingerprint density at radius 3 is 2.51 bits per heavy atom. The lowest BCUT2D eigenvalue weighted by atomic mass is 9.50. The van der Waals surface area contributed by atoms with E-state index in [-0.39, 0.29) is 22.6 Å². The summed E-state index contributed by atoms with van der Waals surface area (Å²) in [6, 6.07) is 11.0. The first-order chi connectivity index (χ1) is 17.0. The maximum atomic E-state index is 13.5. The van der Waals surface area contributed by atoms with E-state index >= 15 is 0 Å². The zero-order valence-electron chi connectivity index (χ0n) is 19.5. The van der Waals surface area contributed by atoms with Gasteiger partial charge in [-0.2, -0.15) is 0 Å². The fraction of sp³-hybridized carbons (Fsp3) is 0.407. The fourth-order valence-corrected chi connectivity index (χ4v) is 5.53. The molecule has 4 aliphatic rings. The second-order valence-electron chi connectivity index (χ2n) is 9.98. The first-order valence-corrected chi connectivity index (χ1v) is 12.2. The number of nitrogens with zero attached hydrogens (tertiary/aromatic N) is 4. The first kappa shape index (κ1) is 22.0. The third kappa shape index (κ3) is 4.01. The molecule has 3 aromatic rings. The third-order valence-electron chi connectivity index (χ3n) is 7.66. The smallest absolute Gasteiger partial charge is 0.265 e. The summed E-state index contributed by atoms with van der Waals surface area (Å²) in [5.41, 5.74) is 2.73. The predicted octanol–water partition coefficient (Wildman–Crippen LogP) is 3.23. The van der Waals surface area contributed by atoms with E-state index in [1.165, 1.54) is 0 Å². The van der Waals surface area contributed by atoms with Gasteiger partial charge < -0.3 is 10.1 Å². The van der Waals surface area contributed by atoms with E-state index < -0.39 is 0 Å². The molecule has 1 saturated heterocycles. The maximum absolute atomic E-state index is 13.5. The highest BCUT2D eigenvalue weighted by Gasteiger charge is 2.57. The number of aromatic nitrogens is 2. The summed E-state index contributed by atoms with van der Waals surface area (Å²) >= 11 is 0. The van der Waals surface area contributed by atoms with Crippen LogP contribution in [0.1, 0.15) is 29.6 Å². The Morgan fingerprint density at radius 1 is 1.11 bits per heavy atom. The summed E-state index contributed by atoms with van der Waals surface area (Å²) < 4.78 is 7.09. The van der Waals surface area contributed by atoms with E-state index in [0.29, 0.717) is 37.6 Å². The van der Waals surface area contributed by atoms with Gasteiger partial charge in [-0.05, 0) is 42.9 Å². The lowest BCUT2D eigenvalue weighted by Gasteiger charge is -2.61. The zero-order valence-corrected chi connectivity index (χ0v) is 19.5. The van der Waals surface area contributed by atoms with Crippen molar-refractivity contribution in [2.45, 2.75) is 31.3 Å². The monoisotopic (exact) mass is 469 g/mol. The van der Waals surface area contributed by atoms with Crippen LogP contribution in [0.15, 0.2) is 47.4 Å². The van der Waals surface area contributed by atoms with Crippen LogP contribution in [0.25, 0.3) is 27.0 Å². The van der Waals surface area contributed by atoms with Gasteiger partial charge in [-0.25, -0.2) is 9.83 Å². The van der Waals surface area contributed by atoms with E-state index in [1.54, 1.807) is 29.0 Å². The third-order valence-corrected chi connectivity index (χ3v) is 7.66. The summed E-state index contributed by atoms with van der Waals surface area (Å²) in [5.74, 6) is 0.445. The highest BCUT2D eigenvalue weighted by Crippen LogP contribution is 2.56. The van der Waals surface area contributed by atoms with Crippen molar-refractivity contribution in [3.63, 3.8) is 0 Å². The average molecular weight is 470 g/mol. The molecule has 35 heavy (non-hydrogen) atoms. The number of hydrogen-bond donors (Lipinski definition) is 1. The van der Waals surface area contributed by atoms with E-state index in [4.69, 9.17) is 11.3 Å². The molecule has 1 amide bonds. The van der Waals surface area contributed by atoms with Gasteiger partial charge in [0, 0.05) is 48.9 Å². The summed E-state index contributed by atoms with van der Waals surface area (Å²) in [6.45, 7) is 11.3. The van der Waals surface area contributed by atoms with Crippen LogP contribution < -0.4 is 10.9 Å². The number of carbonyl (C=O) groups excluding carboxylic acids is 1. The zero-order chi connectivity index (χ0) is 24.0. The van der Waals surface area contributed by atoms with Crippen molar-refractivity contribution in [2.75, 3.05) is 32.8 Å². The summed E-state index contributed by atoms with van der Waals surface area (Å²) in [7, 11) is 0. The van der Waals surface area contributed by atoms with Crippen molar-refractivity contribution >= 4 is 22.6 Å². The van der Waals surface area contributed by atoms with Crippen molar-refractivity contribution < 1.29 is 9.53 Å². The molecule has 1 N–H and O–H groups in total. The highest BCUT2D eigenvalue weighted by molar-refractivity contribution is 5.98. The van der Waals surface area contributed by atoms with E-state index in [1.807, 2.05) is 18.2 Å². The SMILES string of the molecule is [C-]#[N+]c1ccc(-c2cnc3c(c2)cc(C(=O)NC24CC(C2)C4)c(=O)n3CCN2CCOCC2)cc1. The molecule has 178 valence electrons. The summed E-state index contributed by atoms with van der Waals surface area (Å²) in [4.78, 5) is 37.1. The van der Waals surface area contributed by atoms with Gasteiger partial charge in [0.15, 0.2) is 5.69 Å². The van der Waals surface area contributed by atoms with Gasteiger partial charge in [-0.3, -0.25) is 19.1 Å². The van der Waals surface area contributed by atoms with E-state index in [9.17, 15) is 9.59 Å². The lowest BCUT2D eigenvalue weighted by Crippen LogP contribution is -2.68. The number of amides is 1. The van der Waals surface area contributed by atoms with Crippen LogP contribution in [0.2, 0.25) is 0 Å². The topological polar surface area (TPSA) is 80.8 Å². The van der Waals surface area contributed by atoms with Gasteiger partial charge in [-0.15, -0.1) is 0 Å². The molecule has 0 atom stereocenters. The van der Waals surface area contributed by atoms with Crippen LogP contribution in [0, 0.1) is 12.5 Å². The minimum absolute atomic E-state index is 0.105. The molecular weight excluding hydrogens is 442 g/mol. The molecule has 2 bridgehead atoms. The van der Waals surface area contributed by atoms with Gasteiger partial charge in [0.25, 0.3) is 11.5 Å².